The summed E-state index contributed by atoms with van der Waals surface area (Å²) in [6.07, 6.45) is 3.88. The Morgan fingerprint density at radius 3 is 2.70 bits per heavy atom. The first-order chi connectivity index (χ1) is 17.6. The maximum absolute atomic E-state index is 14.7. The molecule has 0 unspecified atom stereocenters. The van der Waals surface area contributed by atoms with E-state index in [1.165, 1.54) is 29.4 Å². The van der Waals surface area contributed by atoms with Gasteiger partial charge in [-0.3, -0.25) is 0 Å². The van der Waals surface area contributed by atoms with Crippen LogP contribution in [0.15, 0.2) is 53.8 Å². The van der Waals surface area contributed by atoms with Gasteiger partial charge in [-0.1, -0.05) is 29.3 Å². The number of nitrogens with zero attached hydrogens (tertiary/aromatic N) is 5. The minimum Gasteiger partial charge on any atom is -0.465 e. The Labute approximate surface area is 216 Å². The first kappa shape index (κ1) is 24.9. The van der Waals surface area contributed by atoms with Gasteiger partial charge >= 0.3 is 6.09 Å². The zero-order chi connectivity index (χ0) is 26.3. The Balaban J connectivity index is 1.57. The van der Waals surface area contributed by atoms with Gasteiger partial charge in [0.15, 0.2) is 23.1 Å². The van der Waals surface area contributed by atoms with Gasteiger partial charge < -0.3 is 15.3 Å². The van der Waals surface area contributed by atoms with Crippen molar-refractivity contribution in [2.75, 3.05) is 18.4 Å². The highest BCUT2D eigenvalue weighted by atomic mass is 35.5. The minimum atomic E-state index is -4.03. The number of amides is 1. The lowest BCUT2D eigenvalue weighted by molar-refractivity contribution is 0.132. The van der Waals surface area contributed by atoms with Crippen molar-refractivity contribution < 1.29 is 22.7 Å². The van der Waals surface area contributed by atoms with Crippen molar-refractivity contribution in [2.24, 2.45) is 0 Å². The van der Waals surface area contributed by atoms with Crippen molar-refractivity contribution in [2.45, 2.75) is 30.7 Å². The molecule has 2 N–H and O–H groups in total. The number of rotatable bonds is 5. The molecule has 1 aliphatic rings. The van der Waals surface area contributed by atoms with Crippen molar-refractivity contribution in [3.8, 4) is 11.4 Å². The molecule has 3 aromatic heterocycles. The van der Waals surface area contributed by atoms with Crippen LogP contribution in [0.5, 0.6) is 0 Å². The van der Waals surface area contributed by atoms with E-state index in [-0.39, 0.29) is 39.8 Å². The zero-order valence-corrected chi connectivity index (χ0v) is 21.2. The normalized spacial score (nSPS) is 16.2. The van der Waals surface area contributed by atoms with E-state index in [1.54, 1.807) is 18.2 Å². The predicted molar refractivity (Wildman–Crippen MR) is 136 cm³/mol. The molecule has 1 amide bonds. The molecule has 10 nitrogen and oxygen atoms in total. The number of aryl methyl sites for hydroxylation is 1. The highest BCUT2D eigenvalue weighted by Gasteiger charge is 2.26. The van der Waals surface area contributed by atoms with E-state index in [2.05, 4.69) is 20.3 Å². The number of anilines is 1. The first-order valence-corrected chi connectivity index (χ1v) is 13.2. The summed E-state index contributed by atoms with van der Waals surface area (Å²) in [7, 11) is -4.03. The lowest BCUT2D eigenvalue weighted by atomic mass is 10.1. The minimum absolute atomic E-state index is 0.0572. The number of aromatic nitrogens is 4. The zero-order valence-electron chi connectivity index (χ0n) is 19.6. The molecule has 13 heteroatoms. The van der Waals surface area contributed by atoms with Crippen molar-refractivity contribution in [1.29, 1.82) is 0 Å². The Kier molecular flexibility index (Phi) is 6.46. The highest BCUT2D eigenvalue weighted by Crippen LogP contribution is 2.33. The molecule has 1 fully saturated rings. The molecule has 5 rings (SSSR count). The summed E-state index contributed by atoms with van der Waals surface area (Å²) >= 11 is 6.17. The molecule has 0 aliphatic carbocycles. The maximum Gasteiger partial charge on any atom is 0.407 e. The molecule has 0 spiro atoms. The Morgan fingerprint density at radius 2 is 1.97 bits per heavy atom. The summed E-state index contributed by atoms with van der Waals surface area (Å²) in [5.74, 6) is -0.774. The van der Waals surface area contributed by atoms with Gasteiger partial charge in [0.1, 0.15) is 0 Å². The van der Waals surface area contributed by atoms with E-state index in [1.807, 2.05) is 6.92 Å². The summed E-state index contributed by atoms with van der Waals surface area (Å²) < 4.78 is 42.7. The number of carboxylic acid groups (broad SMARTS) is 1. The summed E-state index contributed by atoms with van der Waals surface area (Å²) in [4.78, 5) is 25.3. The van der Waals surface area contributed by atoms with E-state index in [0.717, 1.165) is 15.7 Å². The number of pyridine rings is 1. The second-order valence-electron chi connectivity index (χ2n) is 8.78. The standard InChI is InChI=1S/C24H22ClFN6O4S/c1-14-4-6-17(7-5-14)37(35,36)32-13-19(18-9-15(25)10-28-23(18)32)21-27-11-20(26)22(30-21)29-16-3-2-8-31(12-16)24(33)34/h4-7,9-11,13,16H,2-3,8,12H2,1H3,(H,33,34)(H,27,29,30)/t16-/m0/s1. The van der Waals surface area contributed by atoms with Gasteiger partial charge in [0.25, 0.3) is 10.0 Å². The molecule has 0 saturated carbocycles. The topological polar surface area (TPSA) is 130 Å². The van der Waals surface area contributed by atoms with Crippen LogP contribution >= 0.6 is 11.6 Å². The average Bonchev–Trinajstić information content (AvgIpc) is 3.25. The van der Waals surface area contributed by atoms with Crippen LogP contribution in [0.1, 0.15) is 18.4 Å². The fourth-order valence-corrected chi connectivity index (χ4v) is 5.78. The molecule has 0 bridgehead atoms. The van der Waals surface area contributed by atoms with Gasteiger partial charge in [-0.25, -0.2) is 36.5 Å². The molecular weight excluding hydrogens is 523 g/mol. The summed E-state index contributed by atoms with van der Waals surface area (Å²) in [5.41, 5.74) is 1.32. The first-order valence-electron chi connectivity index (χ1n) is 11.4. The average molecular weight is 545 g/mol. The fraction of sp³-hybridized carbons (Fsp3) is 0.250. The van der Waals surface area contributed by atoms with Crippen molar-refractivity contribution in [3.63, 3.8) is 0 Å². The molecule has 37 heavy (non-hydrogen) atoms. The SMILES string of the molecule is Cc1ccc(S(=O)(=O)n2cc(-c3ncc(F)c(N[C@H]4CCCN(C(=O)O)C4)n3)c3cc(Cl)cnc32)cc1. The van der Waals surface area contributed by atoms with Crippen LogP contribution in [-0.4, -0.2) is 62.6 Å². The molecule has 0 radical (unpaired) electrons. The monoisotopic (exact) mass is 544 g/mol. The van der Waals surface area contributed by atoms with Crippen LogP contribution in [0.2, 0.25) is 5.02 Å². The van der Waals surface area contributed by atoms with Crippen LogP contribution in [0, 0.1) is 12.7 Å². The van der Waals surface area contributed by atoms with E-state index in [9.17, 15) is 22.7 Å². The number of hydrogen-bond acceptors (Lipinski definition) is 7. The van der Waals surface area contributed by atoms with Gasteiger partial charge in [-0.2, -0.15) is 0 Å². The lowest BCUT2D eigenvalue weighted by Gasteiger charge is -2.31. The fourth-order valence-electron chi connectivity index (χ4n) is 4.30. The number of nitrogens with one attached hydrogen (secondary N) is 1. The number of fused-ring (bicyclic) bond motifs is 1. The van der Waals surface area contributed by atoms with E-state index < -0.39 is 21.9 Å². The van der Waals surface area contributed by atoms with Crippen LogP contribution < -0.4 is 5.32 Å². The molecule has 1 atom stereocenters. The molecular formula is C24H22ClFN6O4S. The Bertz CT molecular complexity index is 1610. The maximum atomic E-state index is 14.7. The molecule has 192 valence electrons. The van der Waals surface area contributed by atoms with E-state index in [0.29, 0.717) is 30.3 Å². The molecule has 1 aromatic carbocycles. The quantitative estimate of drug-likeness (QED) is 0.378. The number of carbonyl (C=O) groups is 1. The Hall–Kier alpha value is -3.77. The summed E-state index contributed by atoms with van der Waals surface area (Å²) in [5, 5.41) is 12.9. The second-order valence-corrected chi connectivity index (χ2v) is 11.0. The third-order valence-corrected chi connectivity index (χ3v) is 8.04. The Morgan fingerprint density at radius 1 is 1.22 bits per heavy atom. The van der Waals surface area contributed by atoms with E-state index >= 15 is 0 Å². The van der Waals surface area contributed by atoms with Crippen molar-refractivity contribution in [1.82, 2.24) is 23.8 Å². The van der Waals surface area contributed by atoms with Gasteiger partial charge in [-0.05, 0) is 38.0 Å². The number of likely N-dealkylation sites (tertiary alicyclic amines) is 1. The van der Waals surface area contributed by atoms with Gasteiger partial charge in [0.05, 0.1) is 16.1 Å². The van der Waals surface area contributed by atoms with E-state index in [4.69, 9.17) is 11.6 Å². The number of halogens is 2. The highest BCUT2D eigenvalue weighted by molar-refractivity contribution is 7.90. The summed E-state index contributed by atoms with van der Waals surface area (Å²) in [6, 6.07) is 7.61. The predicted octanol–water partition coefficient (Wildman–Crippen LogP) is 4.39. The van der Waals surface area contributed by atoms with Gasteiger partial charge in [0, 0.05) is 42.5 Å². The second kappa shape index (κ2) is 9.60. The number of benzene rings is 1. The molecule has 4 heterocycles. The van der Waals surface area contributed by atoms with Crippen molar-refractivity contribution in [3.05, 3.63) is 65.3 Å². The molecule has 1 aliphatic heterocycles. The lowest BCUT2D eigenvalue weighted by Crippen LogP contribution is -2.44. The van der Waals surface area contributed by atoms with Crippen molar-refractivity contribution >= 4 is 44.6 Å². The van der Waals surface area contributed by atoms with Crippen LogP contribution in [-0.2, 0) is 10.0 Å². The molecule has 4 aromatic rings. The number of hydrogen-bond donors (Lipinski definition) is 2. The largest absolute Gasteiger partial charge is 0.465 e. The van der Waals surface area contributed by atoms with Crippen LogP contribution in [0.25, 0.3) is 22.4 Å². The van der Waals surface area contributed by atoms with Crippen LogP contribution in [0.3, 0.4) is 0 Å². The third kappa shape index (κ3) is 4.81. The molecule has 1 saturated heterocycles. The third-order valence-electron chi connectivity index (χ3n) is 6.17. The van der Waals surface area contributed by atoms with Crippen LogP contribution in [0.4, 0.5) is 15.0 Å². The summed E-state index contributed by atoms with van der Waals surface area (Å²) in [6.45, 7) is 2.45. The smallest absolute Gasteiger partial charge is 0.407 e. The number of piperidine rings is 1. The van der Waals surface area contributed by atoms with Gasteiger partial charge in [-0.15, -0.1) is 0 Å². The van der Waals surface area contributed by atoms with Gasteiger partial charge in [0.2, 0.25) is 0 Å².